The number of halogens is 1. The number of thioether (sulfide) groups is 1. The van der Waals surface area contributed by atoms with Gasteiger partial charge in [-0.1, -0.05) is 23.9 Å². The fourth-order valence-electron chi connectivity index (χ4n) is 2.06. The lowest BCUT2D eigenvalue weighted by Gasteiger charge is -2.17. The maximum atomic E-state index is 13.1. The van der Waals surface area contributed by atoms with E-state index in [1.807, 2.05) is 0 Å². The normalized spacial score (nSPS) is 14.1. The van der Waals surface area contributed by atoms with Crippen molar-refractivity contribution in [1.82, 2.24) is 25.1 Å². The standard InChI is InChI=1S/C14H16FN5OS/c1-19(8-10-3-2-4-11(15)7-10)13(21)9-22-14-16-17-18-20(14)12-5-6-12/h2-4,7,12H,5-6,8-9H2,1H3. The fraction of sp³-hybridized carbons (Fsp3) is 0.429. The second-order valence-corrected chi connectivity index (χ2v) is 6.25. The number of benzene rings is 1. The lowest BCUT2D eigenvalue weighted by Crippen LogP contribution is -2.28. The van der Waals surface area contributed by atoms with Crippen LogP contribution in [0.4, 0.5) is 4.39 Å². The van der Waals surface area contributed by atoms with Crippen molar-refractivity contribution in [3.63, 3.8) is 0 Å². The smallest absolute Gasteiger partial charge is 0.233 e. The predicted molar refractivity (Wildman–Crippen MR) is 79.7 cm³/mol. The molecule has 1 heterocycles. The topological polar surface area (TPSA) is 63.9 Å². The summed E-state index contributed by atoms with van der Waals surface area (Å²) in [5.74, 6) is -0.0743. The van der Waals surface area contributed by atoms with Gasteiger partial charge in [0.25, 0.3) is 0 Å². The largest absolute Gasteiger partial charge is 0.341 e. The molecule has 0 aliphatic heterocycles. The molecule has 1 saturated carbocycles. The van der Waals surface area contributed by atoms with Crippen LogP contribution in [0.1, 0.15) is 24.4 Å². The van der Waals surface area contributed by atoms with Crippen LogP contribution in [0.3, 0.4) is 0 Å². The molecule has 6 nitrogen and oxygen atoms in total. The van der Waals surface area contributed by atoms with Crippen LogP contribution in [-0.2, 0) is 11.3 Å². The molecule has 8 heteroatoms. The molecular weight excluding hydrogens is 305 g/mol. The highest BCUT2D eigenvalue weighted by Gasteiger charge is 2.28. The molecule has 3 rings (SSSR count). The van der Waals surface area contributed by atoms with Crippen LogP contribution in [0, 0.1) is 5.82 Å². The van der Waals surface area contributed by atoms with Crippen molar-refractivity contribution >= 4 is 17.7 Å². The molecule has 1 aliphatic carbocycles. The van der Waals surface area contributed by atoms with E-state index in [-0.39, 0.29) is 17.5 Å². The Kier molecular flexibility index (Phi) is 4.37. The summed E-state index contributed by atoms with van der Waals surface area (Å²) in [4.78, 5) is 13.7. The summed E-state index contributed by atoms with van der Waals surface area (Å²) in [5, 5.41) is 12.2. The Morgan fingerprint density at radius 2 is 2.32 bits per heavy atom. The maximum absolute atomic E-state index is 13.1. The zero-order chi connectivity index (χ0) is 15.5. The van der Waals surface area contributed by atoms with Crippen molar-refractivity contribution in [2.24, 2.45) is 0 Å². The molecule has 116 valence electrons. The van der Waals surface area contributed by atoms with Gasteiger partial charge >= 0.3 is 0 Å². The zero-order valence-corrected chi connectivity index (χ0v) is 13.0. The second kappa shape index (κ2) is 6.43. The molecule has 1 amide bonds. The van der Waals surface area contributed by atoms with E-state index in [4.69, 9.17) is 0 Å². The average Bonchev–Trinajstić information content (AvgIpc) is 3.23. The first-order valence-electron chi connectivity index (χ1n) is 7.02. The van der Waals surface area contributed by atoms with Gasteiger partial charge in [0.15, 0.2) is 0 Å². The van der Waals surface area contributed by atoms with Crippen LogP contribution in [0.15, 0.2) is 29.4 Å². The average molecular weight is 321 g/mol. The van der Waals surface area contributed by atoms with Gasteiger partial charge in [-0.15, -0.1) is 5.10 Å². The molecule has 0 atom stereocenters. The lowest BCUT2D eigenvalue weighted by atomic mass is 10.2. The molecule has 0 N–H and O–H groups in total. The van der Waals surface area contributed by atoms with Gasteiger partial charge in [0.05, 0.1) is 11.8 Å². The van der Waals surface area contributed by atoms with E-state index in [0.29, 0.717) is 17.7 Å². The SMILES string of the molecule is CN(Cc1cccc(F)c1)C(=O)CSc1nnnn1C1CC1. The summed E-state index contributed by atoms with van der Waals surface area (Å²) in [7, 11) is 1.71. The van der Waals surface area contributed by atoms with Crippen molar-refractivity contribution < 1.29 is 9.18 Å². The molecular formula is C14H16FN5OS. The highest BCUT2D eigenvalue weighted by atomic mass is 32.2. The lowest BCUT2D eigenvalue weighted by molar-refractivity contribution is -0.127. The molecule has 1 aromatic heterocycles. The molecule has 22 heavy (non-hydrogen) atoms. The van der Waals surface area contributed by atoms with E-state index in [9.17, 15) is 9.18 Å². The van der Waals surface area contributed by atoms with Crippen LogP contribution in [0.5, 0.6) is 0 Å². The number of hydrogen-bond acceptors (Lipinski definition) is 5. The Morgan fingerprint density at radius 1 is 1.50 bits per heavy atom. The Morgan fingerprint density at radius 3 is 3.05 bits per heavy atom. The van der Waals surface area contributed by atoms with Crippen LogP contribution in [0.25, 0.3) is 0 Å². The highest BCUT2D eigenvalue weighted by Crippen LogP contribution is 2.36. The van der Waals surface area contributed by atoms with Gasteiger partial charge in [0.2, 0.25) is 11.1 Å². The Labute approximate surface area is 131 Å². The molecule has 0 radical (unpaired) electrons. The van der Waals surface area contributed by atoms with Gasteiger partial charge in [-0.2, -0.15) is 0 Å². The van der Waals surface area contributed by atoms with Crippen LogP contribution in [0.2, 0.25) is 0 Å². The fourth-order valence-corrected chi connectivity index (χ4v) is 2.95. The summed E-state index contributed by atoms with van der Waals surface area (Å²) < 4.78 is 14.9. The number of amides is 1. The van der Waals surface area contributed by atoms with Crippen molar-refractivity contribution in [3.8, 4) is 0 Å². The van der Waals surface area contributed by atoms with E-state index < -0.39 is 0 Å². The van der Waals surface area contributed by atoms with Crippen LogP contribution < -0.4 is 0 Å². The Balaban J connectivity index is 1.53. The zero-order valence-electron chi connectivity index (χ0n) is 12.1. The van der Waals surface area contributed by atoms with Gasteiger partial charge in [0, 0.05) is 13.6 Å². The third-order valence-corrected chi connectivity index (χ3v) is 4.33. The first-order valence-corrected chi connectivity index (χ1v) is 8.01. The third kappa shape index (κ3) is 3.62. The van der Waals surface area contributed by atoms with Gasteiger partial charge in [0.1, 0.15) is 5.82 Å². The minimum Gasteiger partial charge on any atom is -0.341 e. The molecule has 1 aliphatic rings. The molecule has 0 spiro atoms. The molecule has 2 aromatic rings. The summed E-state index contributed by atoms with van der Waals surface area (Å²) in [6.45, 7) is 0.380. The first-order chi connectivity index (χ1) is 10.6. The molecule has 0 bridgehead atoms. The van der Waals surface area contributed by atoms with Gasteiger partial charge < -0.3 is 4.90 Å². The van der Waals surface area contributed by atoms with Crippen molar-refractivity contribution in [2.45, 2.75) is 30.6 Å². The van der Waals surface area contributed by atoms with E-state index in [1.54, 1.807) is 28.8 Å². The Hall–Kier alpha value is -1.96. The minimum atomic E-state index is -0.295. The minimum absolute atomic E-state index is 0.0420. The summed E-state index contributed by atoms with van der Waals surface area (Å²) in [6.07, 6.45) is 2.18. The number of rotatable bonds is 6. The van der Waals surface area contributed by atoms with Gasteiger partial charge in [-0.25, -0.2) is 9.07 Å². The monoisotopic (exact) mass is 321 g/mol. The van der Waals surface area contributed by atoms with E-state index in [0.717, 1.165) is 18.4 Å². The van der Waals surface area contributed by atoms with E-state index >= 15 is 0 Å². The predicted octanol–water partition coefficient (Wildman–Crippen LogP) is 1.90. The number of carbonyl (C=O) groups excluding carboxylic acids is 1. The molecule has 1 aromatic carbocycles. The second-order valence-electron chi connectivity index (χ2n) is 5.31. The van der Waals surface area contributed by atoms with Crippen molar-refractivity contribution in [2.75, 3.05) is 12.8 Å². The quantitative estimate of drug-likeness (QED) is 0.760. The third-order valence-electron chi connectivity index (χ3n) is 3.41. The maximum Gasteiger partial charge on any atom is 0.233 e. The number of hydrogen-bond donors (Lipinski definition) is 0. The Bertz CT molecular complexity index is 673. The number of carbonyl (C=O) groups is 1. The van der Waals surface area contributed by atoms with Crippen LogP contribution >= 0.6 is 11.8 Å². The van der Waals surface area contributed by atoms with Gasteiger partial charge in [-0.05, 0) is 41.0 Å². The van der Waals surface area contributed by atoms with E-state index in [1.165, 1.54) is 23.9 Å². The molecule has 1 fully saturated rings. The molecule has 0 saturated heterocycles. The highest BCUT2D eigenvalue weighted by molar-refractivity contribution is 7.99. The number of tetrazole rings is 1. The van der Waals surface area contributed by atoms with E-state index in [2.05, 4.69) is 15.5 Å². The number of nitrogens with zero attached hydrogens (tertiary/aromatic N) is 5. The van der Waals surface area contributed by atoms with Gasteiger partial charge in [-0.3, -0.25) is 4.79 Å². The summed E-state index contributed by atoms with van der Waals surface area (Å²) in [5.41, 5.74) is 0.767. The first kappa shape index (κ1) is 15.0. The number of aromatic nitrogens is 4. The van der Waals surface area contributed by atoms with Crippen molar-refractivity contribution in [1.29, 1.82) is 0 Å². The van der Waals surface area contributed by atoms with Crippen LogP contribution in [-0.4, -0.2) is 43.8 Å². The van der Waals surface area contributed by atoms with Crippen molar-refractivity contribution in [3.05, 3.63) is 35.6 Å². The summed E-state index contributed by atoms with van der Waals surface area (Å²) in [6, 6.07) is 6.65. The molecule has 0 unspecified atom stereocenters. The summed E-state index contributed by atoms with van der Waals surface area (Å²) >= 11 is 1.33.